The summed E-state index contributed by atoms with van der Waals surface area (Å²) in [6, 6.07) is 12.8. The largest absolute Gasteiger partial charge is 0.545 e. The smallest absolute Gasteiger partial charge is 0.140 e. The average molecular weight is 292 g/mol. The Labute approximate surface area is 121 Å². The molecule has 2 aliphatic heterocycles. The third-order valence-electron chi connectivity index (χ3n) is 2.41. The van der Waals surface area contributed by atoms with Crippen LogP contribution < -0.4 is 27.3 Å². The molecule has 112 valence electrons. The fourth-order valence-corrected chi connectivity index (χ4v) is 1.46. The summed E-state index contributed by atoms with van der Waals surface area (Å²) in [5, 5.41) is 20.3. The van der Waals surface area contributed by atoms with E-state index in [2.05, 4.69) is 0 Å². The highest BCUT2D eigenvalue weighted by Gasteiger charge is 2.15. The molecule has 0 fully saturated rings. The van der Waals surface area contributed by atoms with Crippen molar-refractivity contribution in [3.05, 3.63) is 59.7 Å². The van der Waals surface area contributed by atoms with Crippen LogP contribution in [0.25, 0.3) is 0 Å². The second kappa shape index (κ2) is 7.63. The van der Waals surface area contributed by atoms with Crippen LogP contribution in [-0.4, -0.2) is 11.9 Å². The third-order valence-corrected chi connectivity index (χ3v) is 2.41. The van der Waals surface area contributed by atoms with E-state index in [1.165, 1.54) is 18.2 Å². The number of aromatic carboxylic acids is 2. The minimum Gasteiger partial charge on any atom is -0.545 e. The highest BCUT2D eigenvalue weighted by atomic mass is 16.5. The van der Waals surface area contributed by atoms with E-state index >= 15 is 0 Å². The molecule has 2 aromatic rings. The van der Waals surface area contributed by atoms with Gasteiger partial charge < -0.3 is 36.8 Å². The summed E-state index contributed by atoms with van der Waals surface area (Å²) in [6.45, 7) is 0. The van der Waals surface area contributed by atoms with Gasteiger partial charge in [0.25, 0.3) is 0 Å². The Bertz CT molecular complexity index is 625. The molecule has 0 amide bonds. The van der Waals surface area contributed by atoms with Crippen LogP contribution in [0.2, 0.25) is 0 Å². The maximum atomic E-state index is 10.3. The fourth-order valence-electron chi connectivity index (χ4n) is 1.46. The zero-order valence-electron chi connectivity index (χ0n) is 11.7. The van der Waals surface area contributed by atoms with Crippen LogP contribution >= 0.6 is 0 Å². The lowest BCUT2D eigenvalue weighted by molar-refractivity contribution is -0.256. The molecule has 2 bridgehead atoms. The number of rotatable bonds is 2. The minimum absolute atomic E-state index is 0. The average Bonchev–Trinajstić information content (AvgIpc) is 2.39. The molecule has 7 heteroatoms. The van der Waals surface area contributed by atoms with Crippen LogP contribution in [0.1, 0.15) is 20.7 Å². The fraction of sp³-hybridized carbons (Fsp3) is 0. The Morgan fingerprint density at radius 2 is 1.43 bits per heavy atom. The van der Waals surface area contributed by atoms with Gasteiger partial charge in [0.05, 0.1) is 11.9 Å². The first kappa shape index (κ1) is 18.1. The predicted molar refractivity (Wildman–Crippen MR) is 73.6 cm³/mol. The summed E-state index contributed by atoms with van der Waals surface area (Å²) >= 11 is 0. The zero-order chi connectivity index (χ0) is 13.8. The maximum Gasteiger partial charge on any atom is 0.140 e. The van der Waals surface area contributed by atoms with Gasteiger partial charge in [-0.2, -0.15) is 0 Å². The summed E-state index contributed by atoms with van der Waals surface area (Å²) in [7, 11) is 0. The molecule has 0 saturated heterocycles. The van der Waals surface area contributed by atoms with Crippen molar-refractivity contribution in [2.45, 2.75) is 0 Å². The first-order chi connectivity index (χ1) is 9.08. The molecular weight excluding hydrogens is 276 g/mol. The molecule has 8 N–H and O–H groups in total. The van der Waals surface area contributed by atoms with Crippen LogP contribution in [0, 0.1) is 0 Å². The summed E-state index contributed by atoms with van der Waals surface area (Å²) in [5.41, 5.74) is 0.340. The monoisotopic (exact) mass is 292 g/mol. The molecule has 2 heterocycles. The number of carbonyl (C=O) groups is 2. The molecule has 2 aliphatic rings. The number of fused-ring (bicyclic) bond motifs is 2. The van der Waals surface area contributed by atoms with Crippen molar-refractivity contribution in [3.63, 3.8) is 0 Å². The van der Waals surface area contributed by atoms with E-state index in [0.717, 1.165) is 0 Å². The molecule has 4 rings (SSSR count). The van der Waals surface area contributed by atoms with Gasteiger partial charge >= 0.3 is 0 Å². The Hall–Kier alpha value is -2.90. The van der Waals surface area contributed by atoms with E-state index in [0.29, 0.717) is 11.5 Å². The number of hydrogen-bond acceptors (Lipinski definition) is 5. The van der Waals surface area contributed by atoms with E-state index in [1.54, 1.807) is 30.3 Å². The van der Waals surface area contributed by atoms with Gasteiger partial charge in [-0.1, -0.05) is 30.3 Å². The molecule has 7 nitrogen and oxygen atoms in total. The van der Waals surface area contributed by atoms with E-state index in [-0.39, 0.29) is 23.4 Å². The van der Waals surface area contributed by atoms with Crippen molar-refractivity contribution in [1.82, 2.24) is 12.3 Å². The van der Waals surface area contributed by atoms with Crippen molar-refractivity contribution >= 4 is 11.9 Å². The second-order valence-corrected chi connectivity index (χ2v) is 3.70. The van der Waals surface area contributed by atoms with E-state index in [9.17, 15) is 19.8 Å². The molecule has 0 atom stereocenters. The van der Waals surface area contributed by atoms with Gasteiger partial charge in [0.2, 0.25) is 0 Å². The maximum absolute atomic E-state index is 10.3. The van der Waals surface area contributed by atoms with Crippen LogP contribution in [0.5, 0.6) is 11.5 Å². The molecule has 0 unspecified atom stereocenters. The highest BCUT2D eigenvalue weighted by Crippen LogP contribution is 2.37. The van der Waals surface area contributed by atoms with Crippen molar-refractivity contribution < 1.29 is 24.5 Å². The van der Waals surface area contributed by atoms with Gasteiger partial charge in [-0.25, -0.2) is 0 Å². The summed E-state index contributed by atoms with van der Waals surface area (Å²) < 4.78 is 4.88. The summed E-state index contributed by atoms with van der Waals surface area (Å²) in [4.78, 5) is 20.3. The Morgan fingerprint density at radius 1 is 0.857 bits per heavy atom. The molecular formula is C14H16N2O5. The van der Waals surface area contributed by atoms with Crippen molar-refractivity contribution in [1.29, 1.82) is 0 Å². The van der Waals surface area contributed by atoms with Gasteiger partial charge in [-0.15, -0.1) is 0 Å². The molecule has 2 aromatic carbocycles. The normalized spacial score (nSPS) is 9.33. The van der Waals surface area contributed by atoms with Crippen LogP contribution in [-0.2, 0) is 0 Å². The lowest BCUT2D eigenvalue weighted by Gasteiger charge is -2.19. The van der Waals surface area contributed by atoms with Crippen LogP contribution in [0.4, 0.5) is 0 Å². The number of carboxylic acid groups (broad SMARTS) is 2. The lowest BCUT2D eigenvalue weighted by Crippen LogP contribution is -2.23. The first-order valence-corrected chi connectivity index (χ1v) is 5.37. The van der Waals surface area contributed by atoms with Crippen molar-refractivity contribution in [2.24, 2.45) is 0 Å². The molecule has 0 radical (unpaired) electrons. The Morgan fingerprint density at radius 3 is 1.71 bits per heavy atom. The van der Waals surface area contributed by atoms with Crippen molar-refractivity contribution in [3.8, 4) is 11.5 Å². The number of carbonyl (C=O) groups excluding carboxylic acids is 2. The minimum atomic E-state index is -1.19. The number of carboxylic acids is 2. The molecule has 0 aliphatic carbocycles. The van der Waals surface area contributed by atoms with Gasteiger partial charge in [-0.3, -0.25) is 0 Å². The molecule has 0 saturated carbocycles. The third kappa shape index (κ3) is 4.30. The summed E-state index contributed by atoms with van der Waals surface area (Å²) in [6.07, 6.45) is 0. The molecule has 0 spiro atoms. The first-order valence-electron chi connectivity index (χ1n) is 5.37. The topological polar surface area (TPSA) is 162 Å². The van der Waals surface area contributed by atoms with Gasteiger partial charge in [0, 0.05) is 11.6 Å². The number of quaternary nitrogens is 2. The van der Waals surface area contributed by atoms with E-state index < -0.39 is 11.9 Å². The van der Waals surface area contributed by atoms with Gasteiger partial charge in [0.1, 0.15) is 11.5 Å². The molecule has 21 heavy (non-hydrogen) atoms. The standard InChI is InChI=1S/C7H4O3.C7H6O2.2H3N/c8-7(9)5-2-1-4-3-6(5)10-4;8-7(9)6-4-2-1-3-5-6;;/h1-3H,(H,8,9);1-5H,(H,8,9);2*1H3. The quantitative estimate of drug-likeness (QED) is 0.717. The summed E-state index contributed by atoms with van der Waals surface area (Å²) in [5.74, 6) is -1.21. The number of ether oxygens (including phenoxy) is 1. The SMILES string of the molecule is O=C([O-])c1ccc2cc1O2.O=C([O-])c1ccccc1.[NH4+].[NH4+]. The van der Waals surface area contributed by atoms with E-state index in [1.807, 2.05) is 0 Å². The van der Waals surface area contributed by atoms with Crippen molar-refractivity contribution in [2.75, 3.05) is 0 Å². The van der Waals surface area contributed by atoms with Gasteiger partial charge in [-0.05, 0) is 17.7 Å². The zero-order valence-corrected chi connectivity index (χ0v) is 11.7. The number of hydrogen-bond donors (Lipinski definition) is 2. The molecule has 0 aromatic heterocycles. The van der Waals surface area contributed by atoms with E-state index in [4.69, 9.17) is 4.74 Å². The lowest BCUT2D eigenvalue weighted by atomic mass is 10.1. The van der Waals surface area contributed by atoms with Gasteiger partial charge in [0.15, 0.2) is 0 Å². The number of benzene rings is 2. The Balaban J connectivity index is 0.000000350. The van der Waals surface area contributed by atoms with Crippen LogP contribution in [0.3, 0.4) is 0 Å². The van der Waals surface area contributed by atoms with Crippen LogP contribution in [0.15, 0.2) is 48.5 Å². The highest BCUT2D eigenvalue weighted by molar-refractivity contribution is 5.90. The second-order valence-electron chi connectivity index (χ2n) is 3.70. The predicted octanol–water partition coefficient (Wildman–Crippen LogP) is 0.958. The Kier molecular flexibility index (Phi) is 6.58.